The first kappa shape index (κ1) is 19.4. The monoisotopic (exact) mass is 374 g/mol. The zero-order chi connectivity index (χ0) is 18.0. The summed E-state index contributed by atoms with van der Waals surface area (Å²) in [6.07, 6.45) is 1.89. The number of piperidine rings is 1. The summed E-state index contributed by atoms with van der Waals surface area (Å²) in [5.41, 5.74) is 0. The van der Waals surface area contributed by atoms with Crippen molar-refractivity contribution in [3.05, 3.63) is 24.3 Å². The van der Waals surface area contributed by atoms with Crippen LogP contribution >= 0.6 is 0 Å². The van der Waals surface area contributed by atoms with Crippen molar-refractivity contribution in [3.8, 4) is 0 Å². The van der Waals surface area contributed by atoms with Gasteiger partial charge in [0.15, 0.2) is 0 Å². The summed E-state index contributed by atoms with van der Waals surface area (Å²) in [6, 6.07) is 5.55. The van der Waals surface area contributed by atoms with E-state index < -0.39 is 20.0 Å². The highest BCUT2D eigenvalue weighted by Crippen LogP contribution is 2.25. The maximum Gasteiger partial charge on any atom is 0.243 e. The van der Waals surface area contributed by atoms with E-state index in [9.17, 15) is 16.8 Å². The second kappa shape index (κ2) is 7.51. The molecule has 0 aromatic heterocycles. The molecule has 24 heavy (non-hydrogen) atoms. The molecule has 6 nitrogen and oxygen atoms in total. The van der Waals surface area contributed by atoms with Gasteiger partial charge in [0.2, 0.25) is 20.0 Å². The minimum Gasteiger partial charge on any atom is -0.207 e. The molecule has 1 aromatic rings. The molecule has 136 valence electrons. The van der Waals surface area contributed by atoms with Gasteiger partial charge >= 0.3 is 0 Å². The molecule has 2 rings (SSSR count). The van der Waals surface area contributed by atoms with E-state index in [2.05, 4.69) is 0 Å². The smallest absolute Gasteiger partial charge is 0.207 e. The van der Waals surface area contributed by atoms with E-state index in [4.69, 9.17) is 0 Å². The Bertz CT molecular complexity index is 754. The van der Waals surface area contributed by atoms with Crippen molar-refractivity contribution in [2.45, 2.75) is 43.4 Å². The van der Waals surface area contributed by atoms with Gasteiger partial charge in [-0.15, -0.1) is 0 Å². The van der Waals surface area contributed by atoms with Crippen molar-refractivity contribution in [2.75, 3.05) is 26.2 Å². The fourth-order valence-corrected chi connectivity index (χ4v) is 6.07. The van der Waals surface area contributed by atoms with E-state index >= 15 is 0 Å². The first-order valence-electron chi connectivity index (χ1n) is 8.33. The summed E-state index contributed by atoms with van der Waals surface area (Å²) in [7, 11) is -7.14. The summed E-state index contributed by atoms with van der Waals surface area (Å²) in [4.78, 5) is 0.271. The highest BCUT2D eigenvalue weighted by Gasteiger charge is 2.29. The van der Waals surface area contributed by atoms with E-state index in [1.54, 1.807) is 13.8 Å². The highest BCUT2D eigenvalue weighted by atomic mass is 32.2. The van der Waals surface area contributed by atoms with Crippen molar-refractivity contribution >= 4 is 20.0 Å². The van der Waals surface area contributed by atoms with Crippen LogP contribution in [0.3, 0.4) is 0 Å². The molecule has 1 saturated heterocycles. The van der Waals surface area contributed by atoms with Gasteiger partial charge in [-0.2, -0.15) is 8.61 Å². The van der Waals surface area contributed by atoms with Gasteiger partial charge in [0, 0.05) is 26.2 Å². The second-order valence-corrected chi connectivity index (χ2v) is 10.0. The molecular weight excluding hydrogens is 348 g/mol. The van der Waals surface area contributed by atoms with Gasteiger partial charge in [0.05, 0.1) is 9.79 Å². The quantitative estimate of drug-likeness (QED) is 0.764. The molecule has 0 spiro atoms. The molecular formula is C16H26N2O4S2. The first-order valence-corrected chi connectivity index (χ1v) is 11.2. The highest BCUT2D eigenvalue weighted by molar-refractivity contribution is 7.89. The summed E-state index contributed by atoms with van der Waals surface area (Å²) in [5, 5.41) is 0. The fraction of sp³-hybridized carbons (Fsp3) is 0.625. The Morgan fingerprint density at radius 3 is 2.08 bits per heavy atom. The Kier molecular flexibility index (Phi) is 6.06. The lowest BCUT2D eigenvalue weighted by atomic mass is 10.0. The number of hydrogen-bond acceptors (Lipinski definition) is 4. The molecule has 0 bridgehead atoms. The number of rotatable bonds is 6. The van der Waals surface area contributed by atoms with Crippen molar-refractivity contribution < 1.29 is 16.8 Å². The lowest BCUT2D eigenvalue weighted by Gasteiger charge is -2.30. The molecule has 1 aromatic carbocycles. The number of sulfonamides is 2. The average molecular weight is 375 g/mol. The van der Waals surface area contributed by atoms with Gasteiger partial charge in [-0.05, 0) is 43.0 Å². The van der Waals surface area contributed by atoms with Gasteiger partial charge in [0.1, 0.15) is 0 Å². The van der Waals surface area contributed by atoms with Crippen LogP contribution in [0.4, 0.5) is 0 Å². The lowest BCUT2D eigenvalue weighted by molar-refractivity contribution is 0.281. The fourth-order valence-electron chi connectivity index (χ4n) is 3.01. The Hall–Kier alpha value is -0.960. The van der Waals surface area contributed by atoms with Crippen LogP contribution in [0.15, 0.2) is 34.1 Å². The van der Waals surface area contributed by atoms with Crippen molar-refractivity contribution in [3.63, 3.8) is 0 Å². The molecule has 1 fully saturated rings. The van der Waals surface area contributed by atoms with Crippen LogP contribution < -0.4 is 0 Å². The van der Waals surface area contributed by atoms with Crippen LogP contribution in [0.25, 0.3) is 0 Å². The summed E-state index contributed by atoms with van der Waals surface area (Å²) in [5.74, 6) is 0.343. The van der Waals surface area contributed by atoms with E-state index in [0.29, 0.717) is 32.1 Å². The van der Waals surface area contributed by atoms with E-state index in [0.717, 1.165) is 12.8 Å². The predicted molar refractivity (Wildman–Crippen MR) is 93.7 cm³/mol. The third-order valence-corrected chi connectivity index (χ3v) is 8.37. The number of nitrogens with zero attached hydrogens (tertiary/aromatic N) is 2. The molecule has 0 aliphatic carbocycles. The Labute approximate surface area is 145 Å². The SMILES string of the molecule is CCN(CC)S(=O)(=O)c1ccc(S(=O)(=O)N2CCCC(C)C2)cc1. The van der Waals surface area contributed by atoms with Gasteiger partial charge in [-0.3, -0.25) is 0 Å². The molecule has 1 unspecified atom stereocenters. The van der Waals surface area contributed by atoms with Gasteiger partial charge < -0.3 is 0 Å². The minimum absolute atomic E-state index is 0.122. The molecule has 1 heterocycles. The Morgan fingerprint density at radius 1 is 1.04 bits per heavy atom. The zero-order valence-electron chi connectivity index (χ0n) is 14.5. The second-order valence-electron chi connectivity index (χ2n) is 6.17. The number of benzene rings is 1. The van der Waals surface area contributed by atoms with Crippen LogP contribution in [-0.4, -0.2) is 51.6 Å². The molecule has 0 N–H and O–H groups in total. The Morgan fingerprint density at radius 2 is 1.58 bits per heavy atom. The van der Waals surface area contributed by atoms with Gasteiger partial charge in [-0.25, -0.2) is 16.8 Å². The Balaban J connectivity index is 2.29. The van der Waals surface area contributed by atoms with Crippen molar-refractivity contribution in [1.29, 1.82) is 0 Å². The summed E-state index contributed by atoms with van der Waals surface area (Å²) < 4.78 is 53.2. The van der Waals surface area contributed by atoms with E-state index in [1.807, 2.05) is 6.92 Å². The topological polar surface area (TPSA) is 74.8 Å². The first-order chi connectivity index (χ1) is 11.2. The largest absolute Gasteiger partial charge is 0.243 e. The van der Waals surface area contributed by atoms with Crippen LogP contribution in [0, 0.1) is 5.92 Å². The van der Waals surface area contributed by atoms with Crippen LogP contribution in [0.1, 0.15) is 33.6 Å². The van der Waals surface area contributed by atoms with Crippen molar-refractivity contribution in [2.24, 2.45) is 5.92 Å². The van der Waals surface area contributed by atoms with Crippen molar-refractivity contribution in [1.82, 2.24) is 8.61 Å². The van der Waals surface area contributed by atoms with Crippen LogP contribution in [0.5, 0.6) is 0 Å². The molecule has 8 heteroatoms. The molecule has 0 saturated carbocycles. The standard InChI is InChI=1S/C16H26N2O4S2/c1-4-17(5-2)23(19,20)15-8-10-16(11-9-15)24(21,22)18-12-6-7-14(3)13-18/h8-11,14H,4-7,12-13H2,1-3H3. The molecule has 0 amide bonds. The zero-order valence-corrected chi connectivity index (χ0v) is 16.1. The summed E-state index contributed by atoms with van der Waals surface area (Å²) >= 11 is 0. The van der Waals surface area contributed by atoms with Gasteiger partial charge in [-0.1, -0.05) is 20.8 Å². The van der Waals surface area contributed by atoms with Crippen LogP contribution in [0.2, 0.25) is 0 Å². The molecule has 0 radical (unpaired) electrons. The summed E-state index contributed by atoms with van der Waals surface area (Å²) in [6.45, 7) is 7.39. The maximum atomic E-state index is 12.7. The van der Waals surface area contributed by atoms with E-state index in [1.165, 1.54) is 32.9 Å². The molecule has 1 atom stereocenters. The molecule has 1 aliphatic heterocycles. The lowest BCUT2D eigenvalue weighted by Crippen LogP contribution is -2.39. The minimum atomic E-state index is -3.57. The third kappa shape index (κ3) is 3.82. The average Bonchev–Trinajstić information content (AvgIpc) is 2.56. The molecule has 1 aliphatic rings. The number of hydrogen-bond donors (Lipinski definition) is 0. The maximum absolute atomic E-state index is 12.7. The van der Waals surface area contributed by atoms with E-state index in [-0.39, 0.29) is 9.79 Å². The normalized spacial score (nSPS) is 20.4. The van der Waals surface area contributed by atoms with Crippen LogP contribution in [-0.2, 0) is 20.0 Å². The van der Waals surface area contributed by atoms with Gasteiger partial charge in [0.25, 0.3) is 0 Å². The third-order valence-electron chi connectivity index (χ3n) is 4.42. The predicted octanol–water partition coefficient (Wildman–Crippen LogP) is 2.14.